The van der Waals surface area contributed by atoms with Crippen molar-refractivity contribution in [3.63, 3.8) is 0 Å². The number of aliphatic hydroxyl groups is 2. The fourth-order valence-corrected chi connectivity index (χ4v) is 5.06. The van der Waals surface area contributed by atoms with Gasteiger partial charge in [0.15, 0.2) is 17.2 Å². The molecule has 9 nitrogen and oxygen atoms in total. The highest BCUT2D eigenvalue weighted by atomic mass is 19.2. The van der Waals surface area contributed by atoms with Crippen molar-refractivity contribution >= 4 is 22.8 Å². The standard InChI is InChI=1S/C22H22F4N6O3/c1-22(6-9(23)4-11(25)18(22)26)14-5-10(24)7-32(14)21(35)16-15-19(27-8-28-20(15)31-30-16)29-12-2-3-13(33)17(12)34/h2-4,8,10,12-14,17,33-34H,5-7H2,1H3,(H2,27,28,29,30,31)/t10-,12+,13+,14+,17-,22?/m0/s1. The van der Waals surface area contributed by atoms with E-state index in [9.17, 15) is 32.6 Å². The zero-order valence-corrected chi connectivity index (χ0v) is 18.4. The van der Waals surface area contributed by atoms with Gasteiger partial charge in [0.2, 0.25) is 0 Å². The molecular weight excluding hydrogens is 472 g/mol. The van der Waals surface area contributed by atoms with Gasteiger partial charge in [-0.25, -0.2) is 27.5 Å². The fraction of sp³-hybridized carbons (Fsp3) is 0.455. The second kappa shape index (κ2) is 8.41. The molecule has 1 fully saturated rings. The number of carbonyl (C=O) groups excluding carboxylic acids is 1. The number of nitrogens with zero attached hydrogens (tertiary/aromatic N) is 4. The van der Waals surface area contributed by atoms with Crippen LogP contribution in [0.2, 0.25) is 0 Å². The van der Waals surface area contributed by atoms with Crippen LogP contribution in [0.3, 0.4) is 0 Å². The van der Waals surface area contributed by atoms with Crippen LogP contribution in [0.1, 0.15) is 30.3 Å². The Kier molecular flexibility index (Phi) is 5.63. The molecule has 0 spiro atoms. The fourth-order valence-electron chi connectivity index (χ4n) is 5.06. The number of alkyl halides is 1. The van der Waals surface area contributed by atoms with E-state index in [0.717, 1.165) is 4.90 Å². The third-order valence-electron chi connectivity index (χ3n) is 6.87. The predicted molar refractivity (Wildman–Crippen MR) is 116 cm³/mol. The van der Waals surface area contributed by atoms with Crippen LogP contribution in [0.5, 0.6) is 0 Å². The predicted octanol–water partition coefficient (Wildman–Crippen LogP) is 2.39. The van der Waals surface area contributed by atoms with Gasteiger partial charge < -0.3 is 20.4 Å². The van der Waals surface area contributed by atoms with E-state index in [1.165, 1.54) is 25.4 Å². The van der Waals surface area contributed by atoms with E-state index in [1.54, 1.807) is 0 Å². The van der Waals surface area contributed by atoms with E-state index in [1.807, 2.05) is 0 Å². The molecule has 186 valence electrons. The average molecular weight is 494 g/mol. The first-order valence-corrected chi connectivity index (χ1v) is 11.0. The van der Waals surface area contributed by atoms with Crippen molar-refractivity contribution in [2.24, 2.45) is 5.41 Å². The van der Waals surface area contributed by atoms with Crippen molar-refractivity contribution in [2.45, 2.75) is 50.2 Å². The molecule has 5 rings (SSSR count). The number of nitrogens with one attached hydrogen (secondary N) is 2. The van der Waals surface area contributed by atoms with Crippen LogP contribution in [0.25, 0.3) is 11.0 Å². The largest absolute Gasteiger partial charge is 0.388 e. The van der Waals surface area contributed by atoms with Gasteiger partial charge >= 0.3 is 0 Å². The molecule has 0 saturated carbocycles. The molecule has 2 aromatic rings. The van der Waals surface area contributed by atoms with Gasteiger partial charge in [0.1, 0.15) is 42.2 Å². The number of rotatable bonds is 4. The number of allylic oxidation sites excluding steroid dienone is 3. The number of halogens is 4. The normalized spacial score (nSPS) is 33.1. The first-order valence-electron chi connectivity index (χ1n) is 11.0. The van der Waals surface area contributed by atoms with E-state index >= 15 is 0 Å². The van der Waals surface area contributed by atoms with E-state index in [4.69, 9.17) is 0 Å². The number of hydrogen-bond donors (Lipinski definition) is 4. The Labute approximate surface area is 196 Å². The molecule has 2 aromatic heterocycles. The number of aliphatic hydroxyl groups excluding tert-OH is 2. The molecule has 2 aliphatic carbocycles. The van der Waals surface area contributed by atoms with Crippen LogP contribution < -0.4 is 5.32 Å². The first kappa shape index (κ1) is 23.4. The van der Waals surface area contributed by atoms with Gasteiger partial charge in [0, 0.05) is 30.4 Å². The Balaban J connectivity index is 1.51. The van der Waals surface area contributed by atoms with Crippen molar-refractivity contribution in [3.8, 4) is 0 Å². The maximum Gasteiger partial charge on any atom is 0.275 e. The van der Waals surface area contributed by atoms with E-state index in [-0.39, 0.29) is 29.0 Å². The smallest absolute Gasteiger partial charge is 0.275 e. The van der Waals surface area contributed by atoms with E-state index in [0.29, 0.717) is 6.08 Å². The van der Waals surface area contributed by atoms with Crippen LogP contribution in [-0.4, -0.2) is 78.2 Å². The number of hydrogen-bond acceptors (Lipinski definition) is 7. The molecule has 0 radical (unpaired) electrons. The minimum absolute atomic E-state index is 0.109. The average Bonchev–Trinajstić information content (AvgIpc) is 3.51. The molecule has 13 heteroatoms. The highest BCUT2D eigenvalue weighted by Crippen LogP contribution is 2.49. The summed E-state index contributed by atoms with van der Waals surface area (Å²) in [7, 11) is 0. The van der Waals surface area contributed by atoms with Crippen LogP contribution in [-0.2, 0) is 0 Å². The van der Waals surface area contributed by atoms with Gasteiger partial charge in [0.25, 0.3) is 5.91 Å². The lowest BCUT2D eigenvalue weighted by molar-refractivity contribution is 0.0552. The molecule has 0 aromatic carbocycles. The van der Waals surface area contributed by atoms with Gasteiger partial charge in [-0.3, -0.25) is 9.89 Å². The van der Waals surface area contributed by atoms with Gasteiger partial charge in [0.05, 0.1) is 18.0 Å². The zero-order valence-electron chi connectivity index (χ0n) is 18.4. The van der Waals surface area contributed by atoms with Crippen molar-refractivity contribution < 1.29 is 32.6 Å². The molecule has 1 unspecified atom stereocenters. The highest BCUT2D eigenvalue weighted by Gasteiger charge is 2.52. The third kappa shape index (κ3) is 3.78. The van der Waals surface area contributed by atoms with Crippen molar-refractivity contribution in [2.75, 3.05) is 11.9 Å². The van der Waals surface area contributed by atoms with Gasteiger partial charge in [-0.2, -0.15) is 5.10 Å². The molecule has 35 heavy (non-hydrogen) atoms. The number of carbonyl (C=O) groups is 1. The number of H-pyrrole nitrogens is 1. The quantitative estimate of drug-likeness (QED) is 0.380. The number of fused-ring (bicyclic) bond motifs is 1. The summed E-state index contributed by atoms with van der Waals surface area (Å²) >= 11 is 0. The summed E-state index contributed by atoms with van der Waals surface area (Å²) in [6.07, 6.45) is -0.0553. The third-order valence-corrected chi connectivity index (χ3v) is 6.87. The Bertz CT molecular complexity index is 1280. The molecule has 3 aliphatic rings. The Morgan fingerprint density at radius 2 is 2.03 bits per heavy atom. The topological polar surface area (TPSA) is 127 Å². The summed E-state index contributed by atoms with van der Waals surface area (Å²) < 4.78 is 57.7. The molecule has 3 heterocycles. The lowest BCUT2D eigenvalue weighted by Gasteiger charge is -2.40. The minimum atomic E-state index is -1.81. The molecule has 1 amide bonds. The van der Waals surface area contributed by atoms with E-state index < -0.39 is 72.2 Å². The summed E-state index contributed by atoms with van der Waals surface area (Å²) in [5.74, 6) is -4.23. The summed E-state index contributed by atoms with van der Waals surface area (Å²) in [6.45, 7) is 0.843. The lowest BCUT2D eigenvalue weighted by atomic mass is 9.74. The Morgan fingerprint density at radius 1 is 1.26 bits per heavy atom. The van der Waals surface area contributed by atoms with E-state index in [2.05, 4.69) is 25.5 Å². The van der Waals surface area contributed by atoms with Crippen molar-refractivity contribution in [3.05, 3.63) is 47.7 Å². The zero-order chi connectivity index (χ0) is 25.1. The number of aromatic nitrogens is 4. The number of aromatic amines is 1. The van der Waals surface area contributed by atoms with Gasteiger partial charge in [-0.15, -0.1) is 0 Å². The molecule has 0 bridgehead atoms. The summed E-state index contributed by atoms with van der Waals surface area (Å²) in [5, 5.41) is 29.5. The van der Waals surface area contributed by atoms with Gasteiger partial charge in [-0.1, -0.05) is 19.1 Å². The summed E-state index contributed by atoms with van der Waals surface area (Å²) in [4.78, 5) is 22.8. The number of likely N-dealkylation sites (tertiary alicyclic amines) is 1. The van der Waals surface area contributed by atoms with Crippen LogP contribution in [0.15, 0.2) is 42.0 Å². The Morgan fingerprint density at radius 3 is 2.74 bits per heavy atom. The van der Waals surface area contributed by atoms with Crippen LogP contribution in [0.4, 0.5) is 23.4 Å². The molecular formula is C22H22F4N6O3. The Hall–Kier alpha value is -3.32. The summed E-state index contributed by atoms with van der Waals surface area (Å²) in [6, 6.07) is -1.91. The first-order chi connectivity index (χ1) is 16.6. The maximum atomic E-state index is 14.9. The second-order valence-corrected chi connectivity index (χ2v) is 9.21. The molecule has 1 aliphatic heterocycles. The second-order valence-electron chi connectivity index (χ2n) is 9.21. The van der Waals surface area contributed by atoms with Crippen molar-refractivity contribution in [1.82, 2.24) is 25.1 Å². The minimum Gasteiger partial charge on any atom is -0.388 e. The highest BCUT2D eigenvalue weighted by molar-refractivity contribution is 6.08. The van der Waals surface area contributed by atoms with Crippen molar-refractivity contribution in [1.29, 1.82) is 0 Å². The molecule has 6 atom stereocenters. The maximum absolute atomic E-state index is 14.9. The number of amides is 1. The SMILES string of the molecule is CC1([C@H]2C[C@H](F)CN2C(=O)c2n[nH]c3ncnc(N[C@@H]4C=C[C@@H](O)[C@H]4O)c23)CC(F)=CC(F)=C1F. The molecule has 4 N–H and O–H groups in total. The molecule has 1 saturated heterocycles. The van der Waals surface area contributed by atoms with Crippen LogP contribution in [0, 0.1) is 5.41 Å². The monoisotopic (exact) mass is 494 g/mol. The summed E-state index contributed by atoms with van der Waals surface area (Å²) in [5.41, 5.74) is -1.86. The number of anilines is 1. The van der Waals surface area contributed by atoms with Gasteiger partial charge in [-0.05, 0) is 0 Å². The lowest BCUT2D eigenvalue weighted by Crippen LogP contribution is -2.47. The van der Waals surface area contributed by atoms with Crippen LogP contribution >= 0.6 is 0 Å².